The summed E-state index contributed by atoms with van der Waals surface area (Å²) >= 11 is 0. The number of morpholine rings is 1. The van der Waals surface area contributed by atoms with Crippen LogP contribution in [0.1, 0.15) is 5.56 Å². The van der Waals surface area contributed by atoms with Gasteiger partial charge in [-0.05, 0) is 42.5 Å². The highest BCUT2D eigenvalue weighted by Crippen LogP contribution is 2.33. The Bertz CT molecular complexity index is 1030. The fourth-order valence-electron chi connectivity index (χ4n) is 3.30. The molecule has 0 unspecified atom stereocenters. The zero-order chi connectivity index (χ0) is 22.6. The third-order valence-corrected chi connectivity index (χ3v) is 5.08. The molecule has 1 fully saturated rings. The van der Waals surface area contributed by atoms with Crippen molar-refractivity contribution in [1.82, 2.24) is 15.0 Å². The molecule has 1 saturated heterocycles. The highest BCUT2D eigenvalue weighted by molar-refractivity contribution is 5.63. The monoisotopic (exact) mass is 449 g/mol. The van der Waals surface area contributed by atoms with Crippen LogP contribution in [0.2, 0.25) is 0 Å². The Kier molecular flexibility index (Phi) is 6.61. The molecule has 0 spiro atoms. The molecule has 2 aromatic carbocycles. The van der Waals surface area contributed by atoms with Gasteiger partial charge in [0.1, 0.15) is 6.61 Å². The number of benzene rings is 2. The van der Waals surface area contributed by atoms with Crippen molar-refractivity contribution >= 4 is 0 Å². The van der Waals surface area contributed by atoms with Gasteiger partial charge in [-0.2, -0.15) is 18.2 Å². The Labute approximate surface area is 182 Å². The average molecular weight is 449 g/mol. The van der Waals surface area contributed by atoms with Gasteiger partial charge in [0.15, 0.2) is 11.5 Å². The van der Waals surface area contributed by atoms with E-state index in [0.29, 0.717) is 29.2 Å². The van der Waals surface area contributed by atoms with Crippen molar-refractivity contribution in [3.63, 3.8) is 0 Å². The van der Waals surface area contributed by atoms with E-state index in [9.17, 15) is 13.2 Å². The third kappa shape index (κ3) is 5.20. The lowest BCUT2D eigenvalue weighted by Crippen LogP contribution is -2.38. The summed E-state index contributed by atoms with van der Waals surface area (Å²) in [5.41, 5.74) is 0.283. The van der Waals surface area contributed by atoms with Crippen LogP contribution in [0.4, 0.5) is 13.2 Å². The van der Waals surface area contributed by atoms with Gasteiger partial charge >= 0.3 is 6.18 Å². The molecule has 0 radical (unpaired) electrons. The van der Waals surface area contributed by atoms with Gasteiger partial charge in [-0.1, -0.05) is 5.16 Å². The molecular formula is C22H22F3N3O4. The molecule has 0 aliphatic carbocycles. The van der Waals surface area contributed by atoms with Crippen LogP contribution in [0.3, 0.4) is 0 Å². The summed E-state index contributed by atoms with van der Waals surface area (Å²) in [6, 6.07) is 9.82. The summed E-state index contributed by atoms with van der Waals surface area (Å²) in [4.78, 5) is 6.57. The summed E-state index contributed by atoms with van der Waals surface area (Å²) in [5, 5.41) is 3.94. The standard InChI is InChI=1S/C22H22F3N3O4/c1-29-19-14-16(4-7-18(19)31-13-10-28-8-11-30-12-9-28)20-26-21(32-27-20)15-2-5-17(6-3-15)22(23,24)25/h2-7,14H,8-13H2,1H3. The first kappa shape index (κ1) is 22.1. The van der Waals surface area contributed by atoms with Crippen molar-refractivity contribution in [2.75, 3.05) is 46.6 Å². The van der Waals surface area contributed by atoms with Crippen molar-refractivity contribution in [3.05, 3.63) is 48.0 Å². The van der Waals surface area contributed by atoms with Crippen molar-refractivity contribution in [1.29, 1.82) is 0 Å². The van der Waals surface area contributed by atoms with Gasteiger partial charge in [0.25, 0.3) is 5.89 Å². The van der Waals surface area contributed by atoms with Crippen LogP contribution in [0.25, 0.3) is 22.8 Å². The predicted molar refractivity (Wildman–Crippen MR) is 109 cm³/mol. The summed E-state index contributed by atoms with van der Waals surface area (Å²) in [5.74, 6) is 1.53. The second-order valence-electron chi connectivity index (χ2n) is 7.17. The van der Waals surface area contributed by atoms with E-state index in [1.54, 1.807) is 18.2 Å². The molecular weight excluding hydrogens is 427 g/mol. The molecule has 170 valence electrons. The van der Waals surface area contributed by atoms with Gasteiger partial charge in [-0.15, -0.1) is 0 Å². The number of rotatable bonds is 7. The summed E-state index contributed by atoms with van der Waals surface area (Å²) in [6.07, 6.45) is -4.40. The van der Waals surface area contributed by atoms with Gasteiger partial charge in [-0.3, -0.25) is 4.90 Å². The predicted octanol–water partition coefficient (Wildman–Crippen LogP) is 4.14. The van der Waals surface area contributed by atoms with Crippen LogP contribution >= 0.6 is 0 Å². The zero-order valence-electron chi connectivity index (χ0n) is 17.4. The van der Waals surface area contributed by atoms with Crippen LogP contribution < -0.4 is 9.47 Å². The maximum atomic E-state index is 12.7. The van der Waals surface area contributed by atoms with Gasteiger partial charge in [0.05, 0.1) is 25.9 Å². The molecule has 1 aromatic heterocycles. The number of alkyl halides is 3. The van der Waals surface area contributed by atoms with E-state index in [2.05, 4.69) is 15.0 Å². The Morgan fingerprint density at radius 2 is 1.72 bits per heavy atom. The van der Waals surface area contributed by atoms with Crippen LogP contribution in [-0.4, -0.2) is 61.6 Å². The molecule has 1 aliphatic rings. The molecule has 2 heterocycles. The van der Waals surface area contributed by atoms with E-state index in [-0.39, 0.29) is 11.7 Å². The van der Waals surface area contributed by atoms with Crippen molar-refractivity contribution in [2.24, 2.45) is 0 Å². The molecule has 0 saturated carbocycles. The van der Waals surface area contributed by atoms with Gasteiger partial charge in [0.2, 0.25) is 5.82 Å². The first-order valence-electron chi connectivity index (χ1n) is 10.1. The van der Waals surface area contributed by atoms with Crippen molar-refractivity contribution < 1.29 is 31.9 Å². The maximum Gasteiger partial charge on any atom is 0.416 e. The highest BCUT2D eigenvalue weighted by Gasteiger charge is 2.30. The average Bonchev–Trinajstić information content (AvgIpc) is 3.30. The molecule has 0 atom stereocenters. The fraction of sp³-hybridized carbons (Fsp3) is 0.364. The third-order valence-electron chi connectivity index (χ3n) is 5.08. The maximum absolute atomic E-state index is 12.7. The number of halogens is 3. The smallest absolute Gasteiger partial charge is 0.416 e. The first-order chi connectivity index (χ1) is 15.4. The van der Waals surface area contributed by atoms with Crippen LogP contribution in [0.15, 0.2) is 47.0 Å². The summed E-state index contributed by atoms with van der Waals surface area (Å²) in [7, 11) is 1.54. The summed E-state index contributed by atoms with van der Waals surface area (Å²) in [6.45, 7) is 4.54. The molecule has 0 N–H and O–H groups in total. The number of ether oxygens (including phenoxy) is 3. The minimum atomic E-state index is -4.40. The molecule has 4 rings (SSSR count). The number of hydrogen-bond acceptors (Lipinski definition) is 7. The topological polar surface area (TPSA) is 69.9 Å². The molecule has 3 aromatic rings. The van der Waals surface area contributed by atoms with Crippen LogP contribution in [0.5, 0.6) is 11.5 Å². The molecule has 1 aliphatic heterocycles. The minimum absolute atomic E-state index is 0.124. The Morgan fingerprint density at radius 3 is 2.41 bits per heavy atom. The van der Waals surface area contributed by atoms with Gasteiger partial charge in [-0.25, -0.2) is 0 Å². The van der Waals surface area contributed by atoms with E-state index in [1.165, 1.54) is 19.2 Å². The fourth-order valence-corrected chi connectivity index (χ4v) is 3.30. The van der Waals surface area contributed by atoms with E-state index < -0.39 is 11.7 Å². The van der Waals surface area contributed by atoms with Crippen molar-refractivity contribution in [3.8, 4) is 34.3 Å². The first-order valence-corrected chi connectivity index (χ1v) is 10.1. The molecule has 10 heteroatoms. The summed E-state index contributed by atoms with van der Waals surface area (Å²) < 4.78 is 60.1. The van der Waals surface area contributed by atoms with E-state index >= 15 is 0 Å². The van der Waals surface area contributed by atoms with Gasteiger partial charge < -0.3 is 18.7 Å². The Balaban J connectivity index is 1.44. The zero-order valence-corrected chi connectivity index (χ0v) is 17.4. The van der Waals surface area contributed by atoms with Crippen LogP contribution in [-0.2, 0) is 10.9 Å². The van der Waals surface area contributed by atoms with Crippen LogP contribution in [0, 0.1) is 0 Å². The molecule has 0 amide bonds. The Hall–Kier alpha value is -3.11. The van der Waals surface area contributed by atoms with E-state index in [4.69, 9.17) is 18.7 Å². The number of methoxy groups -OCH3 is 1. The number of hydrogen-bond donors (Lipinski definition) is 0. The van der Waals surface area contributed by atoms with Gasteiger partial charge in [0, 0.05) is 30.8 Å². The quantitative estimate of drug-likeness (QED) is 0.537. The lowest BCUT2D eigenvalue weighted by Gasteiger charge is -2.26. The minimum Gasteiger partial charge on any atom is -0.493 e. The van der Waals surface area contributed by atoms with E-state index in [0.717, 1.165) is 45.0 Å². The second kappa shape index (κ2) is 9.58. The Morgan fingerprint density at radius 1 is 1.00 bits per heavy atom. The largest absolute Gasteiger partial charge is 0.493 e. The van der Waals surface area contributed by atoms with E-state index in [1.807, 2.05) is 0 Å². The lowest BCUT2D eigenvalue weighted by atomic mass is 10.1. The lowest BCUT2D eigenvalue weighted by molar-refractivity contribution is -0.137. The highest BCUT2D eigenvalue weighted by atomic mass is 19.4. The number of aromatic nitrogens is 2. The molecule has 7 nitrogen and oxygen atoms in total. The normalized spacial score (nSPS) is 15.0. The second-order valence-corrected chi connectivity index (χ2v) is 7.17. The SMILES string of the molecule is COc1cc(-c2noc(-c3ccc(C(F)(F)F)cc3)n2)ccc1OCCN1CCOCC1. The molecule has 32 heavy (non-hydrogen) atoms. The molecule has 0 bridgehead atoms. The van der Waals surface area contributed by atoms with Crippen molar-refractivity contribution in [2.45, 2.75) is 6.18 Å². The number of nitrogens with zero attached hydrogens (tertiary/aromatic N) is 3.